The fourth-order valence-corrected chi connectivity index (χ4v) is 2.90. The molecule has 0 spiro atoms. The third-order valence-corrected chi connectivity index (χ3v) is 4.01. The number of anilines is 2. The maximum absolute atomic E-state index is 12.1. The molecule has 4 nitrogen and oxygen atoms in total. The quantitative estimate of drug-likeness (QED) is 0.859. The predicted molar refractivity (Wildman–Crippen MR) is 84.1 cm³/mol. The Bertz CT molecular complexity index is 485. The zero-order chi connectivity index (χ0) is 14.7. The normalized spacial score (nSPS) is 18.4. The van der Waals surface area contributed by atoms with Gasteiger partial charge in [0.25, 0.3) is 5.91 Å². The van der Waals surface area contributed by atoms with Gasteiger partial charge in [-0.15, -0.1) is 0 Å². The van der Waals surface area contributed by atoms with Gasteiger partial charge in [0.05, 0.1) is 11.4 Å². The number of hydrogen-bond acceptors (Lipinski definition) is 3. The van der Waals surface area contributed by atoms with Crippen molar-refractivity contribution in [2.24, 2.45) is 5.92 Å². The molecule has 1 aliphatic heterocycles. The van der Waals surface area contributed by atoms with Crippen LogP contribution in [0.1, 0.15) is 36.5 Å². The molecule has 4 heteroatoms. The Morgan fingerprint density at radius 2 is 2.20 bits per heavy atom. The second-order valence-electron chi connectivity index (χ2n) is 5.86. The van der Waals surface area contributed by atoms with Crippen LogP contribution in [-0.4, -0.2) is 38.0 Å². The van der Waals surface area contributed by atoms with Gasteiger partial charge in [-0.3, -0.25) is 4.79 Å². The first kappa shape index (κ1) is 14.7. The fourth-order valence-electron chi connectivity index (χ4n) is 2.90. The molecule has 1 heterocycles. The Morgan fingerprint density at radius 1 is 1.45 bits per heavy atom. The predicted octanol–water partition coefficient (Wildman–Crippen LogP) is 2.60. The van der Waals surface area contributed by atoms with Gasteiger partial charge in [-0.2, -0.15) is 0 Å². The van der Waals surface area contributed by atoms with Gasteiger partial charge < -0.3 is 15.5 Å². The van der Waals surface area contributed by atoms with Crippen LogP contribution in [0.3, 0.4) is 0 Å². The summed E-state index contributed by atoms with van der Waals surface area (Å²) in [5.41, 5.74) is 8.58. The second-order valence-corrected chi connectivity index (χ2v) is 5.86. The molecule has 0 aromatic heterocycles. The van der Waals surface area contributed by atoms with E-state index in [2.05, 4.69) is 11.8 Å². The lowest BCUT2D eigenvalue weighted by molar-refractivity contribution is 0.0827. The minimum Gasteiger partial charge on any atom is -0.397 e. The van der Waals surface area contributed by atoms with E-state index in [0.717, 1.165) is 30.4 Å². The number of carbonyl (C=O) groups is 1. The van der Waals surface area contributed by atoms with Crippen LogP contribution in [0.15, 0.2) is 18.2 Å². The first-order valence-corrected chi connectivity index (χ1v) is 7.39. The second kappa shape index (κ2) is 6.16. The molecule has 1 atom stereocenters. The third-order valence-electron chi connectivity index (χ3n) is 4.01. The summed E-state index contributed by atoms with van der Waals surface area (Å²) in [6.45, 7) is 4.32. The van der Waals surface area contributed by atoms with Crippen molar-refractivity contribution in [3.63, 3.8) is 0 Å². The monoisotopic (exact) mass is 275 g/mol. The molecule has 0 saturated carbocycles. The molecular weight excluding hydrogens is 250 g/mol. The summed E-state index contributed by atoms with van der Waals surface area (Å²) >= 11 is 0. The summed E-state index contributed by atoms with van der Waals surface area (Å²) in [7, 11) is 3.54. The van der Waals surface area contributed by atoms with E-state index < -0.39 is 0 Å². The van der Waals surface area contributed by atoms with E-state index in [1.807, 2.05) is 12.1 Å². The number of nitrogens with zero attached hydrogens (tertiary/aromatic N) is 2. The van der Waals surface area contributed by atoms with Crippen molar-refractivity contribution in [3.8, 4) is 0 Å². The Hall–Kier alpha value is -1.71. The van der Waals surface area contributed by atoms with Crippen LogP contribution in [0.25, 0.3) is 0 Å². The van der Waals surface area contributed by atoms with Crippen molar-refractivity contribution in [1.29, 1.82) is 0 Å². The van der Waals surface area contributed by atoms with Crippen molar-refractivity contribution in [3.05, 3.63) is 23.8 Å². The molecule has 1 amide bonds. The van der Waals surface area contributed by atoms with Gasteiger partial charge in [-0.1, -0.05) is 13.3 Å². The smallest absolute Gasteiger partial charge is 0.253 e. The molecule has 110 valence electrons. The molecular formula is C16H25N3O. The average molecular weight is 275 g/mol. The van der Waals surface area contributed by atoms with Gasteiger partial charge in [-0.25, -0.2) is 0 Å². The van der Waals surface area contributed by atoms with Crippen LogP contribution < -0.4 is 10.6 Å². The summed E-state index contributed by atoms with van der Waals surface area (Å²) in [5, 5.41) is 0. The molecule has 1 aromatic carbocycles. The summed E-state index contributed by atoms with van der Waals surface area (Å²) in [6, 6.07) is 5.59. The van der Waals surface area contributed by atoms with Crippen LogP contribution in [0.4, 0.5) is 11.4 Å². The number of rotatable bonds is 4. The van der Waals surface area contributed by atoms with Gasteiger partial charge >= 0.3 is 0 Å². The molecule has 0 aliphatic carbocycles. The topological polar surface area (TPSA) is 49.6 Å². The maximum Gasteiger partial charge on any atom is 0.253 e. The molecule has 0 bridgehead atoms. The number of carbonyl (C=O) groups excluding carboxylic acids is 1. The van der Waals surface area contributed by atoms with Crippen molar-refractivity contribution >= 4 is 17.3 Å². The van der Waals surface area contributed by atoms with E-state index in [9.17, 15) is 4.79 Å². The van der Waals surface area contributed by atoms with Gasteiger partial charge in [0, 0.05) is 32.7 Å². The van der Waals surface area contributed by atoms with Crippen molar-refractivity contribution in [1.82, 2.24) is 4.90 Å². The van der Waals surface area contributed by atoms with Crippen molar-refractivity contribution in [2.75, 3.05) is 37.8 Å². The first-order chi connectivity index (χ1) is 9.52. The Balaban J connectivity index is 2.19. The zero-order valence-corrected chi connectivity index (χ0v) is 12.7. The molecule has 0 radical (unpaired) electrons. The van der Waals surface area contributed by atoms with Crippen molar-refractivity contribution < 1.29 is 4.79 Å². The Morgan fingerprint density at radius 3 is 2.85 bits per heavy atom. The number of nitrogen functional groups attached to an aromatic ring is 1. The Labute approximate surface area is 121 Å². The zero-order valence-electron chi connectivity index (χ0n) is 12.7. The summed E-state index contributed by atoms with van der Waals surface area (Å²) in [6.07, 6.45) is 3.72. The molecule has 1 unspecified atom stereocenters. The van der Waals surface area contributed by atoms with Crippen LogP contribution in [0.2, 0.25) is 0 Å². The van der Waals surface area contributed by atoms with Gasteiger partial charge in [0.1, 0.15) is 0 Å². The van der Waals surface area contributed by atoms with E-state index in [-0.39, 0.29) is 5.91 Å². The molecule has 1 saturated heterocycles. The largest absolute Gasteiger partial charge is 0.397 e. The average Bonchev–Trinajstić information content (AvgIpc) is 2.87. The highest BCUT2D eigenvalue weighted by Crippen LogP contribution is 2.31. The maximum atomic E-state index is 12.1. The summed E-state index contributed by atoms with van der Waals surface area (Å²) in [5.74, 6) is 0.781. The molecule has 2 rings (SSSR count). The SMILES string of the molecule is CCCC1CCN(c2cc(C(=O)N(C)C)ccc2N)C1. The van der Waals surface area contributed by atoms with E-state index >= 15 is 0 Å². The molecule has 20 heavy (non-hydrogen) atoms. The first-order valence-electron chi connectivity index (χ1n) is 7.39. The highest BCUT2D eigenvalue weighted by molar-refractivity contribution is 5.96. The molecule has 1 aromatic rings. The van der Waals surface area contributed by atoms with Gasteiger partial charge in [0.2, 0.25) is 0 Å². The van der Waals surface area contributed by atoms with Crippen molar-refractivity contribution in [2.45, 2.75) is 26.2 Å². The molecule has 2 N–H and O–H groups in total. The third kappa shape index (κ3) is 3.06. The lowest BCUT2D eigenvalue weighted by Crippen LogP contribution is -2.24. The summed E-state index contributed by atoms with van der Waals surface area (Å²) in [4.78, 5) is 16.0. The van der Waals surface area contributed by atoms with E-state index in [4.69, 9.17) is 5.73 Å². The van der Waals surface area contributed by atoms with E-state index in [1.54, 1.807) is 25.1 Å². The fraction of sp³-hybridized carbons (Fsp3) is 0.562. The number of hydrogen-bond donors (Lipinski definition) is 1. The van der Waals surface area contributed by atoms with Gasteiger partial charge in [-0.05, 0) is 37.0 Å². The van der Waals surface area contributed by atoms with Crippen LogP contribution >= 0.6 is 0 Å². The standard InChI is InChI=1S/C16H25N3O/c1-4-5-12-8-9-19(11-12)15-10-13(6-7-14(15)17)16(20)18(2)3/h6-7,10,12H,4-5,8-9,11,17H2,1-3H3. The number of nitrogens with two attached hydrogens (primary N) is 1. The minimum atomic E-state index is 0.0237. The van der Waals surface area contributed by atoms with Crippen LogP contribution in [-0.2, 0) is 0 Å². The number of amides is 1. The highest BCUT2D eigenvalue weighted by atomic mass is 16.2. The van der Waals surface area contributed by atoms with Gasteiger partial charge in [0.15, 0.2) is 0 Å². The lowest BCUT2D eigenvalue weighted by Gasteiger charge is -2.22. The number of benzene rings is 1. The van der Waals surface area contributed by atoms with E-state index in [0.29, 0.717) is 5.56 Å². The highest BCUT2D eigenvalue weighted by Gasteiger charge is 2.24. The minimum absolute atomic E-state index is 0.0237. The summed E-state index contributed by atoms with van der Waals surface area (Å²) < 4.78 is 0. The van der Waals surface area contributed by atoms with E-state index in [1.165, 1.54) is 19.3 Å². The lowest BCUT2D eigenvalue weighted by atomic mass is 10.0. The molecule has 1 aliphatic rings. The van der Waals surface area contributed by atoms with Crippen LogP contribution in [0, 0.1) is 5.92 Å². The Kier molecular flexibility index (Phi) is 4.53. The van der Waals surface area contributed by atoms with Crippen LogP contribution in [0.5, 0.6) is 0 Å². The molecule has 1 fully saturated rings.